The molecule has 1 heterocycles. The summed E-state index contributed by atoms with van der Waals surface area (Å²) in [5.41, 5.74) is 4.17. The SMILES string of the molecule is COC(=O)c1ccc(C=Cc2cnc(C=Cc3ccccc3)cn2)cc1. The highest BCUT2D eigenvalue weighted by Crippen LogP contribution is 2.10. The monoisotopic (exact) mass is 342 g/mol. The first-order valence-corrected chi connectivity index (χ1v) is 8.16. The van der Waals surface area contributed by atoms with Crippen LogP contribution in [-0.2, 0) is 4.74 Å². The number of rotatable bonds is 5. The predicted molar refractivity (Wildman–Crippen MR) is 104 cm³/mol. The molecule has 3 aromatic rings. The second-order valence-electron chi connectivity index (χ2n) is 5.56. The van der Waals surface area contributed by atoms with Gasteiger partial charge in [0.25, 0.3) is 0 Å². The van der Waals surface area contributed by atoms with Crippen LogP contribution in [0.25, 0.3) is 24.3 Å². The molecule has 0 spiro atoms. The molecule has 1 aromatic heterocycles. The Labute approximate surface area is 152 Å². The van der Waals surface area contributed by atoms with Crippen LogP contribution in [0.15, 0.2) is 67.0 Å². The van der Waals surface area contributed by atoms with Gasteiger partial charge in [0.1, 0.15) is 0 Å². The van der Waals surface area contributed by atoms with Crippen molar-refractivity contribution >= 4 is 30.3 Å². The highest BCUT2D eigenvalue weighted by molar-refractivity contribution is 5.89. The fraction of sp³-hybridized carbons (Fsp3) is 0.0455. The molecular weight excluding hydrogens is 324 g/mol. The molecule has 3 rings (SSSR count). The molecule has 0 bridgehead atoms. The minimum atomic E-state index is -0.342. The molecule has 4 nitrogen and oxygen atoms in total. The van der Waals surface area contributed by atoms with Crippen molar-refractivity contribution in [1.29, 1.82) is 0 Å². The molecule has 0 amide bonds. The first-order valence-electron chi connectivity index (χ1n) is 8.16. The van der Waals surface area contributed by atoms with E-state index in [0.29, 0.717) is 5.56 Å². The van der Waals surface area contributed by atoms with E-state index in [1.165, 1.54) is 7.11 Å². The lowest BCUT2D eigenvalue weighted by atomic mass is 10.1. The predicted octanol–water partition coefficient (Wildman–Crippen LogP) is 4.60. The van der Waals surface area contributed by atoms with Crippen LogP contribution in [0.4, 0.5) is 0 Å². The Morgan fingerprint density at radius 1 is 0.769 bits per heavy atom. The van der Waals surface area contributed by atoms with Gasteiger partial charge >= 0.3 is 5.97 Å². The van der Waals surface area contributed by atoms with Gasteiger partial charge in [0.15, 0.2) is 0 Å². The summed E-state index contributed by atoms with van der Waals surface area (Å²) in [6.07, 6.45) is 11.2. The van der Waals surface area contributed by atoms with Crippen LogP contribution in [0.2, 0.25) is 0 Å². The van der Waals surface area contributed by atoms with Gasteiger partial charge in [-0.1, -0.05) is 54.6 Å². The molecule has 2 aromatic carbocycles. The van der Waals surface area contributed by atoms with Crippen molar-refractivity contribution in [3.05, 3.63) is 95.1 Å². The minimum absolute atomic E-state index is 0.342. The zero-order valence-electron chi connectivity index (χ0n) is 14.4. The Hall–Kier alpha value is -3.53. The highest BCUT2D eigenvalue weighted by atomic mass is 16.5. The second-order valence-corrected chi connectivity index (χ2v) is 5.56. The first-order chi connectivity index (χ1) is 12.7. The summed E-state index contributed by atoms with van der Waals surface area (Å²) < 4.78 is 4.68. The average molecular weight is 342 g/mol. The topological polar surface area (TPSA) is 52.1 Å². The van der Waals surface area contributed by atoms with Crippen molar-refractivity contribution in [2.75, 3.05) is 7.11 Å². The van der Waals surface area contributed by atoms with Gasteiger partial charge in [-0.25, -0.2) is 4.79 Å². The average Bonchev–Trinajstić information content (AvgIpc) is 2.72. The van der Waals surface area contributed by atoms with Crippen molar-refractivity contribution in [3.63, 3.8) is 0 Å². The van der Waals surface area contributed by atoms with E-state index in [0.717, 1.165) is 22.5 Å². The first kappa shape index (κ1) is 17.3. The molecule has 0 fully saturated rings. The standard InChI is InChI=1S/C22H18N2O2/c1-26-22(25)19-11-7-18(8-12-19)10-14-21-16-23-20(15-24-21)13-9-17-5-3-2-4-6-17/h2-16H,1H3. The number of hydrogen-bond donors (Lipinski definition) is 0. The van der Waals surface area contributed by atoms with E-state index < -0.39 is 0 Å². The van der Waals surface area contributed by atoms with Crippen LogP contribution >= 0.6 is 0 Å². The largest absolute Gasteiger partial charge is 0.465 e. The Kier molecular flexibility index (Phi) is 5.68. The molecule has 0 radical (unpaired) electrons. The third-order valence-corrected chi connectivity index (χ3v) is 3.72. The summed E-state index contributed by atoms with van der Waals surface area (Å²) in [7, 11) is 1.37. The van der Waals surface area contributed by atoms with Crippen molar-refractivity contribution in [2.45, 2.75) is 0 Å². The third kappa shape index (κ3) is 4.74. The van der Waals surface area contributed by atoms with Gasteiger partial charge in [-0.15, -0.1) is 0 Å². The summed E-state index contributed by atoms with van der Waals surface area (Å²) in [6.45, 7) is 0. The maximum atomic E-state index is 11.4. The van der Waals surface area contributed by atoms with Crippen LogP contribution in [0.3, 0.4) is 0 Å². The van der Waals surface area contributed by atoms with Crippen molar-refractivity contribution in [3.8, 4) is 0 Å². The zero-order chi connectivity index (χ0) is 18.2. The number of nitrogens with zero attached hydrogens (tertiary/aromatic N) is 2. The minimum Gasteiger partial charge on any atom is -0.465 e. The Bertz CT molecular complexity index is 913. The summed E-state index contributed by atoms with van der Waals surface area (Å²) in [4.78, 5) is 20.2. The smallest absolute Gasteiger partial charge is 0.337 e. The van der Waals surface area contributed by atoms with E-state index >= 15 is 0 Å². The summed E-state index contributed by atoms with van der Waals surface area (Å²) in [6, 6.07) is 17.2. The molecule has 4 heteroatoms. The van der Waals surface area contributed by atoms with Gasteiger partial charge in [0.2, 0.25) is 0 Å². The number of ether oxygens (including phenoxy) is 1. The Morgan fingerprint density at radius 2 is 1.31 bits per heavy atom. The number of carbonyl (C=O) groups excluding carboxylic acids is 1. The van der Waals surface area contributed by atoms with Crippen LogP contribution in [0, 0.1) is 0 Å². The second kappa shape index (κ2) is 8.53. The quantitative estimate of drug-likeness (QED) is 0.636. The zero-order valence-corrected chi connectivity index (χ0v) is 14.4. The van der Waals surface area contributed by atoms with Crippen molar-refractivity contribution in [1.82, 2.24) is 9.97 Å². The van der Waals surface area contributed by atoms with Gasteiger partial charge in [0, 0.05) is 0 Å². The van der Waals surface area contributed by atoms with Crippen LogP contribution in [0.1, 0.15) is 32.9 Å². The van der Waals surface area contributed by atoms with Gasteiger partial charge in [-0.3, -0.25) is 9.97 Å². The molecule has 128 valence electrons. The molecule has 0 aliphatic rings. The lowest BCUT2D eigenvalue weighted by molar-refractivity contribution is 0.0600. The number of esters is 1. The normalized spacial score (nSPS) is 11.1. The van der Waals surface area contributed by atoms with E-state index in [1.54, 1.807) is 24.5 Å². The highest BCUT2D eigenvalue weighted by Gasteiger charge is 2.03. The van der Waals surface area contributed by atoms with Crippen molar-refractivity contribution < 1.29 is 9.53 Å². The lowest BCUT2D eigenvalue weighted by Gasteiger charge is -1.99. The van der Waals surface area contributed by atoms with Crippen LogP contribution in [0.5, 0.6) is 0 Å². The Balaban J connectivity index is 1.64. The Morgan fingerprint density at radius 3 is 1.81 bits per heavy atom. The van der Waals surface area contributed by atoms with E-state index in [4.69, 9.17) is 0 Å². The fourth-order valence-electron chi connectivity index (χ4n) is 2.30. The number of methoxy groups -OCH3 is 1. The summed E-state index contributed by atoms with van der Waals surface area (Å²) >= 11 is 0. The van der Waals surface area contributed by atoms with E-state index in [1.807, 2.05) is 66.8 Å². The molecule has 0 aliphatic heterocycles. The van der Waals surface area contributed by atoms with Gasteiger partial charge in [-0.2, -0.15) is 0 Å². The molecular formula is C22H18N2O2. The summed E-state index contributed by atoms with van der Waals surface area (Å²) in [5, 5.41) is 0. The summed E-state index contributed by atoms with van der Waals surface area (Å²) in [5.74, 6) is -0.342. The van der Waals surface area contributed by atoms with Gasteiger partial charge in [0.05, 0.1) is 36.5 Å². The number of aromatic nitrogens is 2. The number of carbonyl (C=O) groups is 1. The van der Waals surface area contributed by atoms with Gasteiger partial charge in [-0.05, 0) is 35.4 Å². The van der Waals surface area contributed by atoms with Crippen molar-refractivity contribution in [2.24, 2.45) is 0 Å². The molecule has 0 unspecified atom stereocenters. The number of hydrogen-bond acceptors (Lipinski definition) is 4. The fourth-order valence-corrected chi connectivity index (χ4v) is 2.30. The lowest BCUT2D eigenvalue weighted by Crippen LogP contribution is -2.00. The molecule has 0 N–H and O–H groups in total. The number of benzene rings is 2. The maximum absolute atomic E-state index is 11.4. The third-order valence-electron chi connectivity index (χ3n) is 3.72. The van der Waals surface area contributed by atoms with Crippen LogP contribution in [-0.4, -0.2) is 23.0 Å². The molecule has 0 atom stereocenters. The van der Waals surface area contributed by atoms with E-state index in [9.17, 15) is 4.79 Å². The molecule has 0 saturated heterocycles. The van der Waals surface area contributed by atoms with Crippen LogP contribution < -0.4 is 0 Å². The molecule has 0 aliphatic carbocycles. The molecule has 0 saturated carbocycles. The maximum Gasteiger partial charge on any atom is 0.337 e. The van der Waals surface area contributed by atoms with Gasteiger partial charge < -0.3 is 4.74 Å². The van der Waals surface area contributed by atoms with E-state index in [-0.39, 0.29) is 5.97 Å². The molecule has 26 heavy (non-hydrogen) atoms. The van der Waals surface area contributed by atoms with E-state index in [2.05, 4.69) is 14.7 Å².